The third kappa shape index (κ3) is 3.44. The van der Waals surface area contributed by atoms with Gasteiger partial charge in [-0.2, -0.15) is 11.8 Å². The van der Waals surface area contributed by atoms with E-state index in [-0.39, 0.29) is 6.10 Å². The Morgan fingerprint density at radius 1 is 1.40 bits per heavy atom. The van der Waals surface area contributed by atoms with Crippen LogP contribution in [0.4, 0.5) is 0 Å². The summed E-state index contributed by atoms with van der Waals surface area (Å²) in [5.74, 6) is 2.24. The van der Waals surface area contributed by atoms with Gasteiger partial charge < -0.3 is 10.1 Å². The molecule has 1 fully saturated rings. The van der Waals surface area contributed by atoms with Crippen LogP contribution in [0.25, 0.3) is 0 Å². The van der Waals surface area contributed by atoms with Crippen LogP contribution in [0.5, 0.6) is 5.75 Å². The van der Waals surface area contributed by atoms with Crippen LogP contribution >= 0.6 is 23.4 Å². The van der Waals surface area contributed by atoms with Crippen LogP contribution in [-0.4, -0.2) is 29.7 Å². The molecule has 20 heavy (non-hydrogen) atoms. The maximum absolute atomic E-state index is 6.02. The molecule has 110 valence electrons. The molecule has 1 heterocycles. The number of nitrogens with one attached hydrogen (secondary N) is 1. The molecule has 0 spiro atoms. The van der Waals surface area contributed by atoms with Gasteiger partial charge in [0.15, 0.2) is 0 Å². The second-order valence-corrected chi connectivity index (χ2v) is 7.71. The Bertz CT molecular complexity index is 468. The third-order valence-electron chi connectivity index (χ3n) is 4.18. The second-order valence-electron chi connectivity index (χ2n) is 5.69. The van der Waals surface area contributed by atoms with Crippen molar-refractivity contribution in [2.45, 2.75) is 50.0 Å². The van der Waals surface area contributed by atoms with Crippen LogP contribution in [0.1, 0.15) is 31.7 Å². The lowest BCUT2D eigenvalue weighted by molar-refractivity contribution is 0.221. The van der Waals surface area contributed by atoms with E-state index in [1.54, 1.807) is 0 Å². The minimum Gasteiger partial charge on any atom is -0.488 e. The molecule has 1 aliphatic heterocycles. The highest BCUT2D eigenvalue weighted by Crippen LogP contribution is 2.32. The van der Waals surface area contributed by atoms with Gasteiger partial charge in [0.1, 0.15) is 11.9 Å². The number of halogens is 1. The molecular weight excluding hydrogens is 290 g/mol. The number of hydrogen-bond acceptors (Lipinski definition) is 3. The molecule has 3 unspecified atom stereocenters. The predicted octanol–water partition coefficient (Wildman–Crippen LogP) is 3.91. The van der Waals surface area contributed by atoms with Gasteiger partial charge in [0.25, 0.3) is 0 Å². The molecule has 1 aliphatic carbocycles. The monoisotopic (exact) mass is 311 g/mol. The smallest absolute Gasteiger partial charge is 0.123 e. The van der Waals surface area contributed by atoms with Gasteiger partial charge in [-0.15, -0.1) is 0 Å². The lowest BCUT2D eigenvalue weighted by Crippen LogP contribution is -2.36. The molecule has 1 saturated carbocycles. The first-order valence-corrected chi connectivity index (χ1v) is 8.97. The van der Waals surface area contributed by atoms with Gasteiger partial charge in [-0.25, -0.2) is 0 Å². The maximum Gasteiger partial charge on any atom is 0.123 e. The van der Waals surface area contributed by atoms with Gasteiger partial charge in [-0.1, -0.05) is 18.5 Å². The average Bonchev–Trinajstić information content (AvgIpc) is 3.02. The van der Waals surface area contributed by atoms with Crippen molar-refractivity contribution in [2.75, 3.05) is 12.3 Å². The van der Waals surface area contributed by atoms with Gasteiger partial charge in [-0.3, -0.25) is 0 Å². The number of fused-ring (bicyclic) bond motifs is 1. The summed E-state index contributed by atoms with van der Waals surface area (Å²) >= 11 is 8.13. The first-order chi connectivity index (χ1) is 9.74. The van der Waals surface area contributed by atoms with Gasteiger partial charge in [0.05, 0.1) is 0 Å². The van der Waals surface area contributed by atoms with E-state index in [2.05, 4.69) is 24.0 Å². The number of ether oxygens (including phenoxy) is 1. The quantitative estimate of drug-likeness (QED) is 0.891. The highest BCUT2D eigenvalue weighted by Gasteiger charge is 2.27. The first-order valence-electron chi connectivity index (χ1n) is 7.54. The van der Waals surface area contributed by atoms with Gasteiger partial charge in [0, 0.05) is 29.3 Å². The van der Waals surface area contributed by atoms with Gasteiger partial charge >= 0.3 is 0 Å². The van der Waals surface area contributed by atoms with E-state index in [0.717, 1.165) is 29.0 Å². The van der Waals surface area contributed by atoms with Crippen LogP contribution in [0.2, 0.25) is 5.02 Å². The topological polar surface area (TPSA) is 21.3 Å². The summed E-state index contributed by atoms with van der Waals surface area (Å²) in [6.07, 6.45) is 5.22. The molecule has 3 rings (SSSR count). The van der Waals surface area contributed by atoms with Crippen LogP contribution in [0.3, 0.4) is 0 Å². The molecule has 2 aliphatic rings. The summed E-state index contributed by atoms with van der Waals surface area (Å²) < 4.78 is 5.97. The Kier molecular flexibility index (Phi) is 4.79. The fourth-order valence-corrected chi connectivity index (χ4v) is 4.55. The van der Waals surface area contributed by atoms with E-state index in [1.165, 1.54) is 30.6 Å². The van der Waals surface area contributed by atoms with Gasteiger partial charge in [0.2, 0.25) is 0 Å². The van der Waals surface area contributed by atoms with Crippen molar-refractivity contribution in [1.82, 2.24) is 5.32 Å². The summed E-state index contributed by atoms with van der Waals surface area (Å²) in [6, 6.07) is 6.59. The van der Waals surface area contributed by atoms with Crippen molar-refractivity contribution >= 4 is 23.4 Å². The van der Waals surface area contributed by atoms with E-state index in [9.17, 15) is 0 Å². The zero-order chi connectivity index (χ0) is 13.9. The summed E-state index contributed by atoms with van der Waals surface area (Å²) in [5.41, 5.74) is 1.25. The van der Waals surface area contributed by atoms with E-state index in [4.69, 9.17) is 16.3 Å². The molecule has 3 atom stereocenters. The van der Waals surface area contributed by atoms with Crippen LogP contribution < -0.4 is 10.1 Å². The largest absolute Gasteiger partial charge is 0.488 e. The standard InChI is InChI=1S/C16H22ClNOS/c1-2-20-15-5-4-13(9-15)18-10-14-8-11-7-12(17)3-6-16(11)19-14/h3,6-7,13-15,18H,2,4-5,8-10H2,1H3. The molecule has 2 nitrogen and oxygen atoms in total. The molecule has 1 aromatic carbocycles. The van der Waals surface area contributed by atoms with Crippen LogP contribution in [-0.2, 0) is 6.42 Å². The Hall–Kier alpha value is -0.380. The highest BCUT2D eigenvalue weighted by atomic mass is 35.5. The minimum atomic E-state index is 0.265. The first kappa shape index (κ1) is 14.6. The minimum absolute atomic E-state index is 0.265. The molecule has 0 radical (unpaired) electrons. The number of benzene rings is 1. The second kappa shape index (κ2) is 6.59. The third-order valence-corrected chi connectivity index (χ3v) is 5.65. The van der Waals surface area contributed by atoms with E-state index in [0.29, 0.717) is 6.04 Å². The van der Waals surface area contributed by atoms with Crippen LogP contribution in [0.15, 0.2) is 18.2 Å². The maximum atomic E-state index is 6.02. The van der Waals surface area contributed by atoms with Crippen molar-refractivity contribution in [3.63, 3.8) is 0 Å². The van der Waals surface area contributed by atoms with E-state index < -0.39 is 0 Å². The van der Waals surface area contributed by atoms with Crippen molar-refractivity contribution in [3.05, 3.63) is 28.8 Å². The Balaban J connectivity index is 1.45. The zero-order valence-corrected chi connectivity index (χ0v) is 13.5. The van der Waals surface area contributed by atoms with E-state index in [1.807, 2.05) is 18.2 Å². The normalized spacial score (nSPS) is 28.4. The highest BCUT2D eigenvalue weighted by molar-refractivity contribution is 7.99. The summed E-state index contributed by atoms with van der Waals surface area (Å²) in [6.45, 7) is 3.20. The predicted molar refractivity (Wildman–Crippen MR) is 87.1 cm³/mol. The number of thioether (sulfide) groups is 1. The molecule has 4 heteroatoms. The van der Waals surface area contributed by atoms with Crippen LogP contribution in [0, 0.1) is 0 Å². The number of hydrogen-bond donors (Lipinski definition) is 1. The zero-order valence-electron chi connectivity index (χ0n) is 11.9. The Labute approximate surface area is 130 Å². The molecule has 1 N–H and O–H groups in total. The Morgan fingerprint density at radius 2 is 2.30 bits per heavy atom. The summed E-state index contributed by atoms with van der Waals surface area (Å²) in [4.78, 5) is 0. The fraction of sp³-hybridized carbons (Fsp3) is 0.625. The molecule has 0 saturated heterocycles. The summed E-state index contributed by atoms with van der Waals surface area (Å²) in [7, 11) is 0. The molecule has 0 amide bonds. The fourth-order valence-electron chi connectivity index (χ4n) is 3.21. The lowest BCUT2D eigenvalue weighted by Gasteiger charge is -2.16. The molecular formula is C16H22ClNOS. The summed E-state index contributed by atoms with van der Waals surface area (Å²) in [5, 5.41) is 5.35. The SMILES string of the molecule is CCSC1CCC(NCC2Cc3cc(Cl)ccc3O2)C1. The van der Waals surface area contributed by atoms with E-state index >= 15 is 0 Å². The van der Waals surface area contributed by atoms with Crippen molar-refractivity contribution in [3.8, 4) is 5.75 Å². The van der Waals surface area contributed by atoms with Gasteiger partial charge in [-0.05, 0) is 48.8 Å². The average molecular weight is 312 g/mol. The van der Waals surface area contributed by atoms with Crippen molar-refractivity contribution < 1.29 is 4.74 Å². The lowest BCUT2D eigenvalue weighted by atomic mass is 10.1. The number of rotatable bonds is 5. The molecule has 0 bridgehead atoms. The Morgan fingerprint density at radius 3 is 3.15 bits per heavy atom. The van der Waals surface area contributed by atoms with Crippen molar-refractivity contribution in [2.24, 2.45) is 0 Å². The molecule has 0 aromatic heterocycles. The molecule has 1 aromatic rings. The van der Waals surface area contributed by atoms with Crippen molar-refractivity contribution in [1.29, 1.82) is 0 Å².